The molecule has 2 saturated heterocycles. The van der Waals surface area contributed by atoms with E-state index in [2.05, 4.69) is 41.0 Å². The highest BCUT2D eigenvalue weighted by molar-refractivity contribution is 6.33. The van der Waals surface area contributed by atoms with Crippen molar-refractivity contribution < 1.29 is 38.5 Å². The summed E-state index contributed by atoms with van der Waals surface area (Å²) >= 11 is 12.8. The number of phenolic OH excluding ortho intramolecular Hbond substituents is 2. The molecule has 2 aliphatic rings. The molecule has 73 heavy (non-hydrogen) atoms. The molecular weight excluding hydrogens is 979 g/mol. The van der Waals surface area contributed by atoms with Gasteiger partial charge in [0, 0.05) is 78.3 Å². The summed E-state index contributed by atoms with van der Waals surface area (Å²) in [5.74, 6) is -2.68. The van der Waals surface area contributed by atoms with Gasteiger partial charge >= 0.3 is 5.97 Å². The van der Waals surface area contributed by atoms with Gasteiger partial charge in [-0.2, -0.15) is 0 Å². The Morgan fingerprint density at radius 3 is 2.37 bits per heavy atom. The first-order valence-electron chi connectivity index (χ1n) is 24.4. The highest BCUT2D eigenvalue weighted by atomic mass is 35.5. The Balaban J connectivity index is 0.860. The number of hydrogen-bond donors (Lipinski definition) is 6. The number of aromatic amines is 1. The molecule has 0 radical (unpaired) electrons. The normalized spacial score (nSPS) is 15.7. The number of carbonyl (C=O) groups is 4. The van der Waals surface area contributed by atoms with Gasteiger partial charge in [-0.1, -0.05) is 55.2 Å². The monoisotopic (exact) mass is 1040 g/mol. The van der Waals surface area contributed by atoms with Crippen LogP contribution in [0.2, 0.25) is 10.0 Å². The fourth-order valence-electron chi connectivity index (χ4n) is 9.30. The van der Waals surface area contributed by atoms with Crippen LogP contribution in [0.4, 0.5) is 10.2 Å². The number of H-pyrrole nitrogens is 1. The first-order valence-corrected chi connectivity index (χ1v) is 25.2. The van der Waals surface area contributed by atoms with Crippen LogP contribution in [0.1, 0.15) is 104 Å². The van der Waals surface area contributed by atoms with Gasteiger partial charge in [0.05, 0.1) is 28.2 Å². The molecule has 6 N–H and O–H groups in total. The topological polar surface area (TPSA) is 220 Å². The van der Waals surface area contributed by atoms with Crippen LogP contribution in [0, 0.1) is 17.7 Å². The average molecular weight is 1040 g/mol. The predicted octanol–water partition coefficient (Wildman–Crippen LogP) is 8.65. The summed E-state index contributed by atoms with van der Waals surface area (Å²) in [5.41, 5.74) is 3.70. The summed E-state index contributed by atoms with van der Waals surface area (Å²) in [6, 6.07) is 17.2. The quantitative estimate of drug-likeness (QED) is 0.0473. The van der Waals surface area contributed by atoms with Gasteiger partial charge in [-0.15, -0.1) is 10.2 Å². The second-order valence-electron chi connectivity index (χ2n) is 19.1. The highest BCUT2D eigenvalue weighted by Crippen LogP contribution is 2.39. The largest absolute Gasteiger partial charge is 0.508 e. The zero-order chi connectivity index (χ0) is 52.1. The van der Waals surface area contributed by atoms with Crippen molar-refractivity contribution in [3.05, 3.63) is 123 Å². The van der Waals surface area contributed by atoms with Crippen molar-refractivity contribution in [3.63, 3.8) is 0 Å². The van der Waals surface area contributed by atoms with E-state index in [9.17, 15) is 29.4 Å². The molecule has 3 aromatic carbocycles. The summed E-state index contributed by atoms with van der Waals surface area (Å²) in [6.45, 7) is 11.6. The number of amides is 3. The molecule has 5 heterocycles. The molecule has 2 atom stereocenters. The minimum absolute atomic E-state index is 0.0341. The first kappa shape index (κ1) is 52.3. The fraction of sp³-hybridized carbons (Fsp3) is 0.377. The maximum absolute atomic E-state index is 16.1. The number of aromatic nitrogens is 5. The summed E-state index contributed by atoms with van der Waals surface area (Å²) in [6.07, 6.45) is 4.77. The molecule has 0 unspecified atom stereocenters. The molecule has 6 aromatic rings. The second-order valence-corrected chi connectivity index (χ2v) is 19.9. The van der Waals surface area contributed by atoms with E-state index in [-0.39, 0.29) is 83.6 Å². The van der Waals surface area contributed by atoms with Gasteiger partial charge < -0.3 is 40.8 Å². The fourth-order valence-corrected chi connectivity index (χ4v) is 9.71. The Labute approximate surface area is 432 Å². The van der Waals surface area contributed by atoms with Crippen molar-refractivity contribution in [1.29, 1.82) is 0 Å². The van der Waals surface area contributed by atoms with E-state index < -0.39 is 35.6 Å². The number of aromatic hydroxyl groups is 2. The molecule has 0 saturated carbocycles. The lowest BCUT2D eigenvalue weighted by molar-refractivity contribution is -0.149. The Hall–Kier alpha value is -7.02. The third-order valence-corrected chi connectivity index (χ3v) is 13.7. The second kappa shape index (κ2) is 22.8. The van der Waals surface area contributed by atoms with Crippen LogP contribution in [0.3, 0.4) is 0 Å². The molecule has 0 spiro atoms. The maximum Gasteiger partial charge on any atom is 0.310 e. The molecule has 3 aromatic heterocycles. The molecule has 2 aliphatic heterocycles. The Morgan fingerprint density at radius 1 is 0.890 bits per heavy atom. The molecule has 2 fully saturated rings. The van der Waals surface area contributed by atoms with Crippen molar-refractivity contribution >= 4 is 52.7 Å². The van der Waals surface area contributed by atoms with Gasteiger partial charge in [-0.25, -0.2) is 9.37 Å². The lowest BCUT2D eigenvalue weighted by Gasteiger charge is -2.33. The van der Waals surface area contributed by atoms with Crippen molar-refractivity contribution in [1.82, 2.24) is 45.2 Å². The van der Waals surface area contributed by atoms with Crippen LogP contribution < -0.4 is 16.0 Å². The molecule has 17 nitrogen and oxygen atoms in total. The van der Waals surface area contributed by atoms with Crippen LogP contribution >= 0.6 is 23.2 Å². The third kappa shape index (κ3) is 12.1. The summed E-state index contributed by atoms with van der Waals surface area (Å²) < 4.78 is 23.3. The van der Waals surface area contributed by atoms with Gasteiger partial charge in [0.15, 0.2) is 5.82 Å². The standard InChI is InChI=1S/C53H59Cl2FN10O7/c1-6-57-51(70)49-63-62-48(40-21-38(29(2)3)45(67)23-46(40)68)66(49)37-11-10-33(42(56)20-37)26-64-15-12-31(13-16-64)52(71)65-17-14-34(27-65)53(72)73-28-44(32-8-7-9-36(54)18-32)61-50(69)43-19-35(24-58-43)39-22-47(60-30(4)5)59-25-41(39)55/h7-11,18-25,29-31,34,44,58,67-68H,6,12-17,26-28H2,1-5H3,(H,57,70)(H,59,60)(H,61,69)/t34-,44+/m0/s1. The van der Waals surface area contributed by atoms with E-state index in [1.54, 1.807) is 72.7 Å². The SMILES string of the molecule is CCNC(=O)c1nnc(-c2cc(C(C)C)c(O)cc2O)n1-c1ccc(CN2CCC(C(=O)N3CC[C@H](C(=O)OC[C@@H](NC(=O)c4cc(-c5cc(NC(C)C)ncc5Cl)c[nH]4)c4cccc(Cl)c4)C3)CC2)c(F)c1. The molecule has 0 bridgehead atoms. The molecule has 384 valence electrons. The summed E-state index contributed by atoms with van der Waals surface area (Å²) in [7, 11) is 0. The summed E-state index contributed by atoms with van der Waals surface area (Å²) in [4.78, 5) is 65.4. The van der Waals surface area contributed by atoms with Crippen LogP contribution in [0.5, 0.6) is 11.5 Å². The number of anilines is 1. The number of piperidine rings is 1. The van der Waals surface area contributed by atoms with Gasteiger partial charge in [0.2, 0.25) is 11.7 Å². The van der Waals surface area contributed by atoms with E-state index in [1.807, 2.05) is 33.8 Å². The Morgan fingerprint density at radius 2 is 1.66 bits per heavy atom. The number of likely N-dealkylation sites (tertiary alicyclic amines) is 2. The number of nitrogens with zero attached hydrogens (tertiary/aromatic N) is 6. The van der Waals surface area contributed by atoms with Gasteiger partial charge in [0.25, 0.3) is 11.8 Å². The molecule has 0 aliphatic carbocycles. The molecular formula is C53H59Cl2FN10O7. The Bertz CT molecular complexity index is 3010. The molecule has 8 rings (SSSR count). The van der Waals surface area contributed by atoms with Crippen LogP contribution in [-0.2, 0) is 20.9 Å². The molecule has 3 amide bonds. The van der Waals surface area contributed by atoms with Gasteiger partial charge in [-0.3, -0.25) is 28.6 Å². The van der Waals surface area contributed by atoms with Crippen molar-refractivity contribution in [2.75, 3.05) is 44.6 Å². The van der Waals surface area contributed by atoms with E-state index in [4.69, 9.17) is 27.9 Å². The van der Waals surface area contributed by atoms with E-state index >= 15 is 4.39 Å². The van der Waals surface area contributed by atoms with Crippen molar-refractivity contribution in [2.45, 2.75) is 78.4 Å². The van der Waals surface area contributed by atoms with E-state index in [0.717, 1.165) is 0 Å². The number of nitrogens with one attached hydrogen (secondary N) is 4. The average Bonchev–Trinajstić information content (AvgIpc) is 4.16. The van der Waals surface area contributed by atoms with Gasteiger partial charge in [0.1, 0.15) is 35.4 Å². The summed E-state index contributed by atoms with van der Waals surface area (Å²) in [5, 5.41) is 39.5. The minimum Gasteiger partial charge on any atom is -0.508 e. The first-order chi connectivity index (χ1) is 35.0. The van der Waals surface area contributed by atoms with Crippen LogP contribution in [-0.4, -0.2) is 114 Å². The number of rotatable bonds is 17. The number of benzene rings is 3. The number of phenols is 2. The number of halogens is 3. The Kier molecular flexibility index (Phi) is 16.3. The van der Waals surface area contributed by atoms with E-state index in [0.29, 0.717) is 89.1 Å². The predicted molar refractivity (Wildman–Crippen MR) is 275 cm³/mol. The smallest absolute Gasteiger partial charge is 0.310 e. The zero-order valence-corrected chi connectivity index (χ0v) is 42.7. The highest BCUT2D eigenvalue weighted by Gasteiger charge is 2.37. The maximum atomic E-state index is 16.1. The van der Waals surface area contributed by atoms with Crippen molar-refractivity contribution in [3.8, 4) is 39.7 Å². The lowest BCUT2D eigenvalue weighted by atomic mass is 9.95. The number of carbonyl (C=O) groups excluding carboxylic acids is 4. The molecule has 20 heteroatoms. The number of ether oxygens (including phenoxy) is 1. The number of hydrogen-bond acceptors (Lipinski definition) is 12. The lowest BCUT2D eigenvalue weighted by Crippen LogP contribution is -2.42. The zero-order valence-electron chi connectivity index (χ0n) is 41.2. The van der Waals surface area contributed by atoms with Crippen LogP contribution in [0.15, 0.2) is 79.1 Å². The van der Waals surface area contributed by atoms with Gasteiger partial charge in [-0.05, 0) is 113 Å². The number of pyridine rings is 1. The minimum atomic E-state index is -0.748. The van der Waals surface area contributed by atoms with Crippen LogP contribution in [0.25, 0.3) is 28.2 Å². The number of esters is 1. The van der Waals surface area contributed by atoms with Crippen molar-refractivity contribution in [2.24, 2.45) is 11.8 Å². The third-order valence-electron chi connectivity index (χ3n) is 13.1. The van der Waals surface area contributed by atoms with E-state index in [1.165, 1.54) is 16.7 Å².